The minimum atomic E-state index is 0.156. The lowest BCUT2D eigenvalue weighted by Crippen LogP contribution is -2.11. The maximum Gasteiger partial charge on any atom is 0.260 e. The third kappa shape index (κ3) is 12.2. The zero-order valence-electron chi connectivity index (χ0n) is 13.0. The molecule has 1 aromatic heterocycles. The van der Waals surface area contributed by atoms with E-state index in [0.717, 1.165) is 25.5 Å². The van der Waals surface area contributed by atoms with Crippen molar-refractivity contribution in [2.24, 2.45) is 0 Å². The standard InChI is InChI=1S/C11H19NOS.C5H8O2/c1-2-3-4-5-6-7-9-12-11(13)8-10-14-12;6-4-2-1-3-5-7/h8,10H,2-7,9H2,1H3;4-5H,1-3H2. The molecular weight excluding hydrogens is 286 g/mol. The summed E-state index contributed by atoms with van der Waals surface area (Å²) in [6, 6.07) is 1.64. The average Bonchev–Trinajstić information content (AvgIpc) is 2.89. The number of aromatic nitrogens is 1. The molecule has 0 saturated heterocycles. The smallest absolute Gasteiger partial charge is 0.260 e. The molecule has 1 rings (SSSR count). The Kier molecular flexibility index (Phi) is 14.3. The lowest BCUT2D eigenvalue weighted by Gasteiger charge is -2.00. The molecule has 4 nitrogen and oxygen atoms in total. The highest BCUT2D eigenvalue weighted by atomic mass is 32.1. The number of hydrogen-bond acceptors (Lipinski definition) is 4. The fourth-order valence-corrected chi connectivity index (χ4v) is 2.50. The van der Waals surface area contributed by atoms with Gasteiger partial charge in [0.25, 0.3) is 5.56 Å². The van der Waals surface area contributed by atoms with Crippen LogP contribution < -0.4 is 5.56 Å². The molecule has 21 heavy (non-hydrogen) atoms. The van der Waals surface area contributed by atoms with Crippen LogP contribution in [0.2, 0.25) is 0 Å². The molecule has 120 valence electrons. The monoisotopic (exact) mass is 313 g/mol. The maximum absolute atomic E-state index is 11.2. The molecule has 0 aliphatic rings. The molecule has 0 bridgehead atoms. The first-order valence-corrected chi connectivity index (χ1v) is 8.62. The molecule has 0 spiro atoms. The number of carbonyl (C=O) groups is 2. The summed E-state index contributed by atoms with van der Waals surface area (Å²) in [7, 11) is 0. The number of aryl methyl sites for hydroxylation is 1. The highest BCUT2D eigenvalue weighted by Gasteiger charge is 1.95. The Morgan fingerprint density at radius 1 is 1.00 bits per heavy atom. The van der Waals surface area contributed by atoms with Crippen LogP contribution in [-0.2, 0) is 16.1 Å². The third-order valence-corrected chi connectivity index (χ3v) is 3.88. The highest BCUT2D eigenvalue weighted by molar-refractivity contribution is 7.04. The normalized spacial score (nSPS) is 9.76. The van der Waals surface area contributed by atoms with E-state index in [1.165, 1.54) is 43.6 Å². The minimum absolute atomic E-state index is 0.156. The predicted molar refractivity (Wildman–Crippen MR) is 87.9 cm³/mol. The van der Waals surface area contributed by atoms with Crippen molar-refractivity contribution in [2.45, 2.75) is 71.3 Å². The Labute approximate surface area is 131 Å². The van der Waals surface area contributed by atoms with Crippen molar-refractivity contribution < 1.29 is 9.59 Å². The van der Waals surface area contributed by atoms with Gasteiger partial charge in [-0.1, -0.05) is 50.6 Å². The second-order valence-corrected chi connectivity index (χ2v) is 5.80. The second kappa shape index (κ2) is 15.2. The number of nitrogens with zero attached hydrogens (tertiary/aromatic N) is 1. The molecule has 0 unspecified atom stereocenters. The van der Waals surface area contributed by atoms with Gasteiger partial charge in [-0.15, -0.1) is 0 Å². The van der Waals surface area contributed by atoms with Crippen LogP contribution >= 0.6 is 11.5 Å². The Balaban J connectivity index is 0.000000486. The summed E-state index contributed by atoms with van der Waals surface area (Å²) in [5, 5.41) is 1.86. The minimum Gasteiger partial charge on any atom is -0.303 e. The lowest BCUT2D eigenvalue weighted by molar-refractivity contribution is -0.108. The van der Waals surface area contributed by atoms with Crippen molar-refractivity contribution in [2.75, 3.05) is 0 Å². The van der Waals surface area contributed by atoms with Gasteiger partial charge in [-0.3, -0.25) is 8.75 Å². The number of rotatable bonds is 11. The summed E-state index contributed by atoms with van der Waals surface area (Å²) in [4.78, 5) is 30.3. The van der Waals surface area contributed by atoms with Gasteiger partial charge >= 0.3 is 0 Å². The summed E-state index contributed by atoms with van der Waals surface area (Å²) in [6.07, 6.45) is 11.1. The van der Waals surface area contributed by atoms with Gasteiger partial charge in [-0.25, -0.2) is 0 Å². The van der Waals surface area contributed by atoms with E-state index in [0.29, 0.717) is 19.3 Å². The lowest BCUT2D eigenvalue weighted by atomic mass is 10.1. The summed E-state index contributed by atoms with van der Waals surface area (Å²) in [6.45, 7) is 3.13. The van der Waals surface area contributed by atoms with Crippen molar-refractivity contribution >= 4 is 24.1 Å². The van der Waals surface area contributed by atoms with Gasteiger partial charge in [0.15, 0.2) is 0 Å². The molecule has 0 radical (unpaired) electrons. The van der Waals surface area contributed by atoms with E-state index in [1.807, 2.05) is 9.34 Å². The van der Waals surface area contributed by atoms with Crippen molar-refractivity contribution in [1.82, 2.24) is 3.96 Å². The Bertz CT molecular complexity index is 404. The van der Waals surface area contributed by atoms with Crippen LogP contribution in [0.3, 0.4) is 0 Å². The summed E-state index contributed by atoms with van der Waals surface area (Å²) >= 11 is 1.52. The van der Waals surface area contributed by atoms with Gasteiger partial charge in [0.05, 0.1) is 0 Å². The highest BCUT2D eigenvalue weighted by Crippen LogP contribution is 2.06. The molecule has 1 aromatic rings. The molecule has 0 amide bonds. The fourth-order valence-electron chi connectivity index (χ4n) is 1.78. The number of hydrogen-bond donors (Lipinski definition) is 0. The van der Waals surface area contributed by atoms with Crippen LogP contribution in [0, 0.1) is 0 Å². The first-order chi connectivity index (χ1) is 10.3. The van der Waals surface area contributed by atoms with Gasteiger partial charge < -0.3 is 9.59 Å². The van der Waals surface area contributed by atoms with Crippen LogP contribution in [0.5, 0.6) is 0 Å². The van der Waals surface area contributed by atoms with E-state index in [-0.39, 0.29) is 5.56 Å². The molecular formula is C16H27NO3S. The van der Waals surface area contributed by atoms with E-state index in [2.05, 4.69) is 6.92 Å². The van der Waals surface area contributed by atoms with Crippen LogP contribution in [0.1, 0.15) is 64.7 Å². The summed E-state index contributed by atoms with van der Waals surface area (Å²) in [5.41, 5.74) is 0.156. The molecule has 0 aliphatic carbocycles. The Morgan fingerprint density at radius 3 is 2.14 bits per heavy atom. The van der Waals surface area contributed by atoms with Gasteiger partial charge in [0.1, 0.15) is 12.6 Å². The topological polar surface area (TPSA) is 56.1 Å². The Morgan fingerprint density at radius 2 is 1.62 bits per heavy atom. The fraction of sp³-hybridized carbons (Fsp3) is 0.688. The zero-order valence-corrected chi connectivity index (χ0v) is 13.8. The number of aldehydes is 2. The summed E-state index contributed by atoms with van der Waals surface area (Å²) < 4.78 is 1.83. The molecule has 0 aromatic carbocycles. The zero-order chi connectivity index (χ0) is 15.8. The average molecular weight is 313 g/mol. The largest absolute Gasteiger partial charge is 0.303 e. The summed E-state index contributed by atoms with van der Waals surface area (Å²) in [5.74, 6) is 0. The predicted octanol–water partition coefficient (Wildman–Crippen LogP) is 3.82. The van der Waals surface area contributed by atoms with E-state index in [9.17, 15) is 14.4 Å². The van der Waals surface area contributed by atoms with E-state index in [4.69, 9.17) is 0 Å². The first-order valence-electron chi connectivity index (χ1n) is 7.78. The van der Waals surface area contributed by atoms with Crippen LogP contribution in [-0.4, -0.2) is 16.5 Å². The molecule has 5 heteroatoms. The van der Waals surface area contributed by atoms with Gasteiger partial charge in [-0.05, 0) is 12.8 Å². The van der Waals surface area contributed by atoms with Gasteiger partial charge in [0, 0.05) is 30.8 Å². The molecule has 0 fully saturated rings. The van der Waals surface area contributed by atoms with E-state index >= 15 is 0 Å². The maximum atomic E-state index is 11.2. The van der Waals surface area contributed by atoms with Crippen molar-refractivity contribution in [1.29, 1.82) is 0 Å². The van der Waals surface area contributed by atoms with Crippen LogP contribution in [0.25, 0.3) is 0 Å². The van der Waals surface area contributed by atoms with Crippen LogP contribution in [0.15, 0.2) is 16.2 Å². The van der Waals surface area contributed by atoms with E-state index in [1.54, 1.807) is 6.07 Å². The SMILES string of the molecule is CCCCCCCCn1sccc1=O.O=CCCCC=O. The third-order valence-electron chi connectivity index (χ3n) is 3.00. The molecule has 0 atom stereocenters. The van der Waals surface area contributed by atoms with Crippen LogP contribution in [0.4, 0.5) is 0 Å². The van der Waals surface area contributed by atoms with Gasteiger partial charge in [-0.2, -0.15) is 0 Å². The molecule has 0 saturated carbocycles. The van der Waals surface area contributed by atoms with Crippen molar-refractivity contribution in [3.63, 3.8) is 0 Å². The molecule has 0 N–H and O–H groups in total. The molecule has 1 heterocycles. The first kappa shape index (κ1) is 19.8. The van der Waals surface area contributed by atoms with E-state index < -0.39 is 0 Å². The quantitative estimate of drug-likeness (QED) is 0.461. The number of carbonyl (C=O) groups excluding carboxylic acids is 2. The second-order valence-electron chi connectivity index (χ2n) is 4.88. The molecule has 0 aliphatic heterocycles. The Hall–Kier alpha value is -1.23. The number of unbranched alkanes of at least 4 members (excludes halogenated alkanes) is 7. The van der Waals surface area contributed by atoms with Crippen molar-refractivity contribution in [3.05, 3.63) is 21.8 Å². The van der Waals surface area contributed by atoms with Gasteiger partial charge in [0.2, 0.25) is 0 Å². The van der Waals surface area contributed by atoms with Crippen molar-refractivity contribution in [3.8, 4) is 0 Å².